The Morgan fingerprint density at radius 3 is 2.64 bits per heavy atom. The highest BCUT2D eigenvalue weighted by Gasteiger charge is 2.14. The Balaban J connectivity index is 1.66. The Morgan fingerprint density at radius 1 is 1.08 bits per heavy atom. The van der Waals surface area contributed by atoms with Crippen molar-refractivity contribution in [2.24, 2.45) is 0 Å². The minimum absolute atomic E-state index is 0.0301. The maximum Gasteiger partial charge on any atom is 0.279 e. The third-order valence-electron chi connectivity index (χ3n) is 4.51. The fourth-order valence-electron chi connectivity index (χ4n) is 3.00. The second-order valence-corrected chi connectivity index (χ2v) is 6.66. The number of hydrogen-bond acceptors (Lipinski definition) is 1. The molecule has 0 aliphatic carbocycles. The summed E-state index contributed by atoms with van der Waals surface area (Å²) in [6.45, 7) is 4.39. The topological polar surface area (TPSA) is 45.7 Å². The van der Waals surface area contributed by atoms with E-state index in [1.54, 1.807) is 0 Å². The Hall–Kier alpha value is -2.36. The van der Waals surface area contributed by atoms with Crippen LogP contribution in [0.1, 0.15) is 24.1 Å². The molecule has 0 heterocycles. The van der Waals surface area contributed by atoms with Gasteiger partial charge in [-0.15, -0.1) is 0 Å². The van der Waals surface area contributed by atoms with Crippen molar-refractivity contribution >= 4 is 34.0 Å². The van der Waals surface area contributed by atoms with Crippen LogP contribution < -0.4 is 10.6 Å². The molecule has 3 rings (SSSR count). The number of anilines is 1. The van der Waals surface area contributed by atoms with Crippen LogP contribution in [0.5, 0.6) is 0 Å². The van der Waals surface area contributed by atoms with E-state index in [9.17, 15) is 4.79 Å². The lowest BCUT2D eigenvalue weighted by molar-refractivity contribution is -0.682. The Morgan fingerprint density at radius 2 is 1.80 bits per heavy atom. The van der Waals surface area contributed by atoms with Gasteiger partial charge in [0, 0.05) is 16.3 Å². The van der Waals surface area contributed by atoms with Crippen molar-refractivity contribution in [1.29, 1.82) is 0 Å². The zero-order valence-corrected chi connectivity index (χ0v) is 15.2. The molecular weight excluding hydrogens is 332 g/mol. The van der Waals surface area contributed by atoms with Gasteiger partial charge in [0.15, 0.2) is 6.54 Å². The van der Waals surface area contributed by atoms with Crippen LogP contribution in [0.2, 0.25) is 5.02 Å². The fraction of sp³-hybridized carbons (Fsp3) is 0.190. The van der Waals surface area contributed by atoms with Gasteiger partial charge in [-0.05, 0) is 42.3 Å². The number of carbonyl (C=O) groups excluding carboxylic acids is 1. The van der Waals surface area contributed by atoms with Crippen LogP contribution in [0.25, 0.3) is 10.8 Å². The molecule has 3 aromatic carbocycles. The lowest BCUT2D eigenvalue weighted by Gasteiger charge is -2.14. The van der Waals surface area contributed by atoms with E-state index in [-0.39, 0.29) is 11.9 Å². The normalized spacial score (nSPS) is 12.1. The number of rotatable bonds is 5. The number of hydrogen-bond donors (Lipinski definition) is 2. The minimum Gasteiger partial charge on any atom is -0.332 e. The van der Waals surface area contributed by atoms with Crippen LogP contribution in [0.3, 0.4) is 0 Å². The summed E-state index contributed by atoms with van der Waals surface area (Å²) in [5, 5.41) is 8.11. The van der Waals surface area contributed by atoms with Crippen molar-refractivity contribution in [2.75, 3.05) is 11.9 Å². The van der Waals surface area contributed by atoms with E-state index in [1.165, 1.54) is 16.3 Å². The molecule has 0 saturated carbocycles. The summed E-state index contributed by atoms with van der Waals surface area (Å²) >= 11 is 6.10. The highest BCUT2D eigenvalue weighted by Crippen LogP contribution is 2.23. The molecule has 0 aromatic heterocycles. The van der Waals surface area contributed by atoms with Gasteiger partial charge in [-0.3, -0.25) is 4.79 Å². The first-order chi connectivity index (χ1) is 12.1. The van der Waals surface area contributed by atoms with Crippen LogP contribution in [0.15, 0.2) is 60.7 Å². The third kappa shape index (κ3) is 4.01. The second-order valence-electron chi connectivity index (χ2n) is 6.26. The number of halogens is 1. The van der Waals surface area contributed by atoms with Crippen molar-refractivity contribution in [3.63, 3.8) is 0 Å². The minimum atomic E-state index is -0.0301. The van der Waals surface area contributed by atoms with Crippen LogP contribution >= 0.6 is 11.6 Å². The molecule has 0 radical (unpaired) electrons. The molecule has 0 spiro atoms. The standard InChI is InChI=1S/C21H21ClN2O/c1-14-19(22)11-6-12-20(14)24-21(25)13-23-15(2)17-10-5-8-16-7-3-4-9-18(16)17/h3-12,15,23H,13H2,1-2H3,(H,24,25)/p+1/t15-/m0/s1. The summed E-state index contributed by atoms with van der Waals surface area (Å²) in [6.07, 6.45) is 0. The van der Waals surface area contributed by atoms with E-state index in [2.05, 4.69) is 47.9 Å². The van der Waals surface area contributed by atoms with Crippen molar-refractivity contribution < 1.29 is 10.1 Å². The second kappa shape index (κ2) is 7.68. The molecule has 0 aliphatic heterocycles. The average molecular weight is 354 g/mol. The molecule has 0 saturated heterocycles. The molecule has 25 heavy (non-hydrogen) atoms. The third-order valence-corrected chi connectivity index (χ3v) is 4.92. The summed E-state index contributed by atoms with van der Waals surface area (Å²) in [7, 11) is 0. The van der Waals surface area contributed by atoms with Crippen LogP contribution in [-0.2, 0) is 4.79 Å². The fourth-order valence-corrected chi connectivity index (χ4v) is 3.18. The van der Waals surface area contributed by atoms with Crippen molar-refractivity contribution in [2.45, 2.75) is 19.9 Å². The zero-order valence-electron chi connectivity index (χ0n) is 14.4. The molecule has 0 bridgehead atoms. The molecular formula is C21H22ClN2O+. The summed E-state index contributed by atoms with van der Waals surface area (Å²) in [6, 6.07) is 20.4. The van der Waals surface area contributed by atoms with Gasteiger partial charge in [-0.2, -0.15) is 0 Å². The first-order valence-electron chi connectivity index (χ1n) is 8.42. The predicted molar refractivity (Wildman–Crippen MR) is 104 cm³/mol. The molecule has 0 unspecified atom stereocenters. The Kier molecular flexibility index (Phi) is 5.37. The van der Waals surface area contributed by atoms with Crippen LogP contribution in [-0.4, -0.2) is 12.5 Å². The number of benzene rings is 3. The van der Waals surface area contributed by atoms with E-state index in [4.69, 9.17) is 11.6 Å². The van der Waals surface area contributed by atoms with Crippen LogP contribution in [0, 0.1) is 6.92 Å². The quantitative estimate of drug-likeness (QED) is 0.713. The molecule has 4 heteroatoms. The number of nitrogens with two attached hydrogens (primary N) is 1. The van der Waals surface area contributed by atoms with E-state index in [0.29, 0.717) is 11.6 Å². The summed E-state index contributed by atoms with van der Waals surface area (Å²) in [4.78, 5) is 12.3. The van der Waals surface area contributed by atoms with Gasteiger partial charge >= 0.3 is 0 Å². The van der Waals surface area contributed by atoms with E-state index < -0.39 is 0 Å². The number of nitrogens with one attached hydrogen (secondary N) is 1. The summed E-state index contributed by atoms with van der Waals surface area (Å²) < 4.78 is 0. The van der Waals surface area contributed by atoms with Gasteiger partial charge in [0.25, 0.3) is 5.91 Å². The number of carbonyl (C=O) groups is 1. The largest absolute Gasteiger partial charge is 0.332 e. The predicted octanol–water partition coefficient (Wildman–Crippen LogP) is 4.06. The van der Waals surface area contributed by atoms with E-state index in [1.807, 2.05) is 37.3 Å². The van der Waals surface area contributed by atoms with Gasteiger partial charge in [0.05, 0.1) is 0 Å². The molecule has 0 aliphatic rings. The number of fused-ring (bicyclic) bond motifs is 1. The highest BCUT2D eigenvalue weighted by molar-refractivity contribution is 6.31. The smallest absolute Gasteiger partial charge is 0.279 e. The van der Waals surface area contributed by atoms with Gasteiger partial charge in [-0.1, -0.05) is 60.1 Å². The molecule has 3 N–H and O–H groups in total. The summed E-state index contributed by atoms with van der Waals surface area (Å²) in [5.41, 5.74) is 2.90. The molecule has 1 amide bonds. The number of amides is 1. The molecule has 3 aromatic rings. The maximum atomic E-state index is 12.3. The highest BCUT2D eigenvalue weighted by atomic mass is 35.5. The van der Waals surface area contributed by atoms with Gasteiger partial charge in [-0.25, -0.2) is 0 Å². The van der Waals surface area contributed by atoms with Crippen molar-refractivity contribution in [1.82, 2.24) is 0 Å². The Labute approximate surface area is 153 Å². The monoisotopic (exact) mass is 353 g/mol. The van der Waals surface area contributed by atoms with Crippen LogP contribution in [0.4, 0.5) is 5.69 Å². The van der Waals surface area contributed by atoms with E-state index >= 15 is 0 Å². The lowest BCUT2D eigenvalue weighted by Crippen LogP contribution is -2.86. The summed E-state index contributed by atoms with van der Waals surface area (Å²) in [5.74, 6) is -0.0301. The van der Waals surface area contributed by atoms with Crippen molar-refractivity contribution in [3.8, 4) is 0 Å². The average Bonchev–Trinajstić information content (AvgIpc) is 2.63. The lowest BCUT2D eigenvalue weighted by atomic mass is 10.00. The maximum absolute atomic E-state index is 12.3. The first-order valence-corrected chi connectivity index (χ1v) is 8.80. The Bertz CT molecular complexity index is 902. The van der Waals surface area contributed by atoms with Crippen molar-refractivity contribution in [3.05, 3.63) is 76.8 Å². The number of quaternary nitrogens is 1. The first kappa shape index (κ1) is 17.5. The molecule has 0 fully saturated rings. The molecule has 3 nitrogen and oxygen atoms in total. The molecule has 1 atom stereocenters. The van der Waals surface area contributed by atoms with E-state index in [0.717, 1.165) is 11.3 Å². The van der Waals surface area contributed by atoms with Gasteiger partial charge in [0.2, 0.25) is 0 Å². The van der Waals surface area contributed by atoms with Gasteiger partial charge < -0.3 is 10.6 Å². The SMILES string of the molecule is Cc1c(Cl)cccc1NC(=O)C[NH2+][C@@H](C)c1cccc2ccccc12. The zero-order chi connectivity index (χ0) is 17.8. The van der Waals surface area contributed by atoms with Gasteiger partial charge in [0.1, 0.15) is 6.04 Å². The molecule has 128 valence electrons.